The molecule has 4 rings (SSSR count). The average molecular weight is 324 g/mol. The number of morpholine rings is 1. The van der Waals surface area contributed by atoms with Gasteiger partial charge >= 0.3 is 0 Å². The number of nitrogens with zero attached hydrogens (tertiary/aromatic N) is 3. The summed E-state index contributed by atoms with van der Waals surface area (Å²) in [7, 11) is 0. The first-order valence-electron chi connectivity index (χ1n) is 8.32. The first-order valence-corrected chi connectivity index (χ1v) is 8.32. The zero-order valence-corrected chi connectivity index (χ0v) is 13.5. The minimum atomic E-state index is 0.133. The molecule has 2 aliphatic rings. The van der Waals surface area contributed by atoms with Crippen molar-refractivity contribution in [1.82, 2.24) is 14.9 Å². The van der Waals surface area contributed by atoms with Gasteiger partial charge in [-0.15, -0.1) is 0 Å². The highest BCUT2D eigenvalue weighted by atomic mass is 16.5. The molecule has 24 heavy (non-hydrogen) atoms. The number of amides is 1. The van der Waals surface area contributed by atoms with Crippen molar-refractivity contribution < 1.29 is 9.53 Å². The lowest BCUT2D eigenvalue weighted by molar-refractivity contribution is -0.134. The number of rotatable bonds is 3. The summed E-state index contributed by atoms with van der Waals surface area (Å²) in [5, 5.41) is 3.27. The number of carbonyl (C=O) groups excluding carboxylic acids is 1. The Bertz CT molecular complexity index is 756. The van der Waals surface area contributed by atoms with Crippen LogP contribution in [0.5, 0.6) is 0 Å². The van der Waals surface area contributed by atoms with Gasteiger partial charge in [0, 0.05) is 49.4 Å². The average Bonchev–Trinajstić information content (AvgIpc) is 3.10. The maximum absolute atomic E-state index is 12.4. The van der Waals surface area contributed by atoms with Crippen LogP contribution in [0.4, 0.5) is 5.82 Å². The summed E-state index contributed by atoms with van der Waals surface area (Å²) < 4.78 is 5.30. The van der Waals surface area contributed by atoms with Gasteiger partial charge in [0.15, 0.2) is 0 Å². The number of anilines is 1. The van der Waals surface area contributed by atoms with E-state index in [1.165, 1.54) is 5.56 Å². The smallest absolute Gasteiger partial charge is 0.227 e. The minimum absolute atomic E-state index is 0.133. The van der Waals surface area contributed by atoms with Gasteiger partial charge in [-0.3, -0.25) is 9.78 Å². The van der Waals surface area contributed by atoms with Crippen molar-refractivity contribution in [2.75, 3.05) is 38.2 Å². The summed E-state index contributed by atoms with van der Waals surface area (Å²) in [5.74, 6) is 1.11. The number of ether oxygens (including phenoxy) is 1. The summed E-state index contributed by atoms with van der Waals surface area (Å²) in [4.78, 5) is 23.0. The number of hydrogen-bond acceptors (Lipinski definition) is 5. The first kappa shape index (κ1) is 15.1. The lowest BCUT2D eigenvalue weighted by Gasteiger charge is -2.26. The van der Waals surface area contributed by atoms with Crippen molar-refractivity contribution in [3.05, 3.63) is 41.9 Å². The fourth-order valence-corrected chi connectivity index (χ4v) is 3.17. The molecule has 0 spiro atoms. The number of pyridine rings is 2. The Morgan fingerprint density at radius 1 is 1.17 bits per heavy atom. The van der Waals surface area contributed by atoms with Crippen molar-refractivity contribution in [3.8, 4) is 11.1 Å². The molecule has 1 amide bonds. The fourth-order valence-electron chi connectivity index (χ4n) is 3.17. The molecule has 1 fully saturated rings. The quantitative estimate of drug-likeness (QED) is 0.927. The highest BCUT2D eigenvalue weighted by Gasteiger charge is 2.18. The van der Waals surface area contributed by atoms with Crippen LogP contribution >= 0.6 is 0 Å². The van der Waals surface area contributed by atoms with Crippen LogP contribution in [-0.4, -0.2) is 53.6 Å². The van der Waals surface area contributed by atoms with Crippen molar-refractivity contribution in [3.63, 3.8) is 0 Å². The molecule has 0 aromatic carbocycles. The molecule has 1 N–H and O–H groups in total. The molecule has 2 aromatic rings. The van der Waals surface area contributed by atoms with Crippen molar-refractivity contribution >= 4 is 11.7 Å². The summed E-state index contributed by atoms with van der Waals surface area (Å²) >= 11 is 0. The maximum Gasteiger partial charge on any atom is 0.227 e. The Balaban J connectivity index is 1.52. The standard InChI is InChI=1S/C18H20N4O2/c23-17(22-3-5-24-6-4-22)8-13-7-15(11-19-10-13)16-9-14-1-2-20-18(14)21-12-16/h7,9-12H,1-6,8H2,(H,20,21). The Hall–Kier alpha value is -2.47. The molecule has 0 bridgehead atoms. The van der Waals surface area contributed by atoms with E-state index < -0.39 is 0 Å². The molecule has 0 aliphatic carbocycles. The molecule has 0 saturated carbocycles. The number of hydrogen-bond donors (Lipinski definition) is 1. The lowest BCUT2D eigenvalue weighted by atomic mass is 10.0. The monoisotopic (exact) mass is 324 g/mol. The molecule has 4 heterocycles. The second-order valence-electron chi connectivity index (χ2n) is 6.16. The van der Waals surface area contributed by atoms with Crippen LogP contribution in [0.25, 0.3) is 11.1 Å². The third kappa shape index (κ3) is 3.10. The largest absolute Gasteiger partial charge is 0.378 e. The summed E-state index contributed by atoms with van der Waals surface area (Å²) in [5.41, 5.74) is 4.22. The predicted octanol–water partition coefficient (Wildman–Crippen LogP) is 1.51. The zero-order valence-electron chi connectivity index (χ0n) is 13.5. The van der Waals surface area contributed by atoms with E-state index in [-0.39, 0.29) is 5.91 Å². The minimum Gasteiger partial charge on any atom is -0.378 e. The first-order chi connectivity index (χ1) is 11.8. The number of carbonyl (C=O) groups is 1. The molecule has 2 aromatic heterocycles. The van der Waals surface area contributed by atoms with Crippen molar-refractivity contribution in [1.29, 1.82) is 0 Å². The van der Waals surface area contributed by atoms with E-state index in [9.17, 15) is 4.79 Å². The van der Waals surface area contributed by atoms with Crippen LogP contribution in [0, 0.1) is 0 Å². The van der Waals surface area contributed by atoms with Gasteiger partial charge in [0.25, 0.3) is 0 Å². The summed E-state index contributed by atoms with van der Waals surface area (Å²) in [6, 6.07) is 4.20. The van der Waals surface area contributed by atoms with Crippen LogP contribution in [-0.2, 0) is 22.4 Å². The summed E-state index contributed by atoms with van der Waals surface area (Å²) in [6.07, 6.45) is 6.83. The van der Waals surface area contributed by atoms with Gasteiger partial charge in [0.1, 0.15) is 5.82 Å². The third-order valence-corrected chi connectivity index (χ3v) is 4.50. The van der Waals surface area contributed by atoms with Gasteiger partial charge in [-0.25, -0.2) is 4.98 Å². The van der Waals surface area contributed by atoms with Crippen molar-refractivity contribution in [2.24, 2.45) is 0 Å². The van der Waals surface area contributed by atoms with E-state index in [4.69, 9.17) is 4.74 Å². The van der Waals surface area contributed by atoms with E-state index in [1.54, 1.807) is 6.20 Å². The molecular formula is C18H20N4O2. The van der Waals surface area contributed by atoms with E-state index in [1.807, 2.05) is 23.4 Å². The van der Waals surface area contributed by atoms with E-state index in [2.05, 4.69) is 21.4 Å². The topological polar surface area (TPSA) is 67.4 Å². The van der Waals surface area contributed by atoms with Crippen molar-refractivity contribution in [2.45, 2.75) is 12.8 Å². The molecular weight excluding hydrogens is 304 g/mol. The number of aromatic nitrogens is 2. The third-order valence-electron chi connectivity index (χ3n) is 4.50. The molecule has 0 radical (unpaired) electrons. The molecule has 0 unspecified atom stereocenters. The molecule has 0 atom stereocenters. The Labute approximate surface area is 140 Å². The lowest BCUT2D eigenvalue weighted by Crippen LogP contribution is -2.41. The number of fused-ring (bicyclic) bond motifs is 1. The van der Waals surface area contributed by atoms with Crippen LogP contribution in [0.3, 0.4) is 0 Å². The fraction of sp³-hybridized carbons (Fsp3) is 0.389. The molecule has 1 saturated heterocycles. The second-order valence-corrected chi connectivity index (χ2v) is 6.16. The Morgan fingerprint density at radius 2 is 2.00 bits per heavy atom. The van der Waals surface area contributed by atoms with Gasteiger partial charge in [0.05, 0.1) is 19.6 Å². The van der Waals surface area contributed by atoms with E-state index in [0.717, 1.165) is 35.5 Å². The van der Waals surface area contributed by atoms with Gasteiger partial charge in [-0.2, -0.15) is 0 Å². The van der Waals surface area contributed by atoms with E-state index in [0.29, 0.717) is 32.7 Å². The van der Waals surface area contributed by atoms with Gasteiger partial charge < -0.3 is 15.0 Å². The van der Waals surface area contributed by atoms with Crippen LogP contribution in [0.15, 0.2) is 30.7 Å². The molecule has 124 valence electrons. The Kier molecular flexibility index (Phi) is 4.13. The highest BCUT2D eigenvalue weighted by Crippen LogP contribution is 2.26. The van der Waals surface area contributed by atoms with Gasteiger partial charge in [0.2, 0.25) is 5.91 Å². The number of nitrogens with one attached hydrogen (secondary N) is 1. The van der Waals surface area contributed by atoms with Gasteiger partial charge in [-0.05, 0) is 29.7 Å². The van der Waals surface area contributed by atoms with Crippen LogP contribution < -0.4 is 5.32 Å². The second kappa shape index (κ2) is 6.57. The SMILES string of the molecule is O=C(Cc1cncc(-c2cnc3c(c2)CCN3)c1)N1CCOCC1. The van der Waals surface area contributed by atoms with Gasteiger partial charge in [-0.1, -0.05) is 0 Å². The van der Waals surface area contributed by atoms with Crippen LogP contribution in [0.1, 0.15) is 11.1 Å². The van der Waals surface area contributed by atoms with E-state index >= 15 is 0 Å². The van der Waals surface area contributed by atoms with Crippen LogP contribution in [0.2, 0.25) is 0 Å². The Morgan fingerprint density at radius 3 is 2.88 bits per heavy atom. The summed E-state index contributed by atoms with van der Waals surface area (Å²) in [6.45, 7) is 3.54. The molecule has 6 nitrogen and oxygen atoms in total. The predicted molar refractivity (Wildman–Crippen MR) is 90.8 cm³/mol. The maximum atomic E-state index is 12.4. The molecule has 2 aliphatic heterocycles. The zero-order chi connectivity index (χ0) is 16.4. The normalized spacial score (nSPS) is 16.6. The molecule has 6 heteroatoms. The highest BCUT2D eigenvalue weighted by molar-refractivity contribution is 5.79.